The summed E-state index contributed by atoms with van der Waals surface area (Å²) >= 11 is 0. The van der Waals surface area contributed by atoms with Gasteiger partial charge in [-0.25, -0.2) is 4.99 Å². The van der Waals surface area contributed by atoms with Crippen LogP contribution in [-0.2, 0) is 0 Å². The maximum Gasteiger partial charge on any atom is 0.401 e. The Kier molecular flexibility index (Phi) is 6.96. The van der Waals surface area contributed by atoms with Crippen molar-refractivity contribution in [1.29, 1.82) is 0 Å². The number of benzene rings is 1. The normalized spacial score (nSPS) is 18.8. The van der Waals surface area contributed by atoms with E-state index in [9.17, 15) is 13.2 Å². The van der Waals surface area contributed by atoms with E-state index in [0.717, 1.165) is 0 Å². The van der Waals surface area contributed by atoms with Crippen molar-refractivity contribution in [3.63, 3.8) is 0 Å². The van der Waals surface area contributed by atoms with Crippen molar-refractivity contribution in [3.8, 4) is 11.5 Å². The van der Waals surface area contributed by atoms with Crippen molar-refractivity contribution < 1.29 is 22.6 Å². The smallest absolute Gasteiger partial charge is 0.401 e. The third-order valence-corrected chi connectivity index (χ3v) is 3.80. The minimum Gasteiger partial charge on any atom is -0.494 e. The van der Waals surface area contributed by atoms with Gasteiger partial charge in [0, 0.05) is 19.2 Å². The molecule has 146 valence electrons. The molecule has 9 heteroatoms. The molecule has 0 aromatic heterocycles. The number of hydrogen-bond donors (Lipinski definition) is 2. The summed E-state index contributed by atoms with van der Waals surface area (Å²) in [6.45, 7) is 4.42. The molecule has 1 atom stereocenters. The maximum atomic E-state index is 12.5. The molecule has 0 saturated carbocycles. The SMILES string of the molecule is CCOc1ccc(OCC)c(NC(N)=NC2CCN(CC(F)(F)F)C2)c1. The molecule has 0 spiro atoms. The Hall–Kier alpha value is -2.16. The van der Waals surface area contributed by atoms with Gasteiger partial charge in [0.1, 0.15) is 11.5 Å². The van der Waals surface area contributed by atoms with Crippen molar-refractivity contribution in [2.24, 2.45) is 10.7 Å². The van der Waals surface area contributed by atoms with Gasteiger partial charge in [-0.05, 0) is 32.4 Å². The number of nitrogens with zero attached hydrogens (tertiary/aromatic N) is 2. The van der Waals surface area contributed by atoms with Gasteiger partial charge in [-0.3, -0.25) is 4.90 Å². The summed E-state index contributed by atoms with van der Waals surface area (Å²) in [6, 6.07) is 5.04. The number of anilines is 1. The summed E-state index contributed by atoms with van der Waals surface area (Å²) in [5, 5.41) is 2.97. The number of nitrogens with two attached hydrogens (primary N) is 1. The highest BCUT2D eigenvalue weighted by atomic mass is 19.4. The zero-order valence-corrected chi connectivity index (χ0v) is 15.0. The molecule has 6 nitrogen and oxygen atoms in total. The van der Waals surface area contributed by atoms with Gasteiger partial charge in [0.25, 0.3) is 0 Å². The number of guanidine groups is 1. The molecule has 1 unspecified atom stereocenters. The largest absolute Gasteiger partial charge is 0.494 e. The molecule has 1 aromatic rings. The molecule has 2 rings (SSSR count). The minimum absolute atomic E-state index is 0.137. The first kappa shape index (κ1) is 20.2. The van der Waals surface area contributed by atoms with Crippen LogP contribution < -0.4 is 20.5 Å². The van der Waals surface area contributed by atoms with Crippen LogP contribution in [0.3, 0.4) is 0 Å². The van der Waals surface area contributed by atoms with Crippen molar-refractivity contribution in [1.82, 2.24) is 4.90 Å². The zero-order valence-electron chi connectivity index (χ0n) is 15.0. The zero-order chi connectivity index (χ0) is 19.2. The Bertz CT molecular complexity index is 623. The number of aliphatic imine (C=N–C) groups is 1. The second kappa shape index (κ2) is 8.98. The van der Waals surface area contributed by atoms with Gasteiger partial charge >= 0.3 is 6.18 Å². The van der Waals surface area contributed by atoms with E-state index in [2.05, 4.69) is 10.3 Å². The van der Waals surface area contributed by atoms with Gasteiger partial charge in [0.2, 0.25) is 0 Å². The molecule has 1 heterocycles. The van der Waals surface area contributed by atoms with Gasteiger partial charge in [0.15, 0.2) is 5.96 Å². The van der Waals surface area contributed by atoms with Crippen LogP contribution in [0.1, 0.15) is 20.3 Å². The average Bonchev–Trinajstić information content (AvgIpc) is 2.95. The average molecular weight is 374 g/mol. The number of alkyl halides is 3. The molecule has 3 N–H and O–H groups in total. The molecule has 1 aliphatic rings. The molecule has 26 heavy (non-hydrogen) atoms. The predicted molar refractivity (Wildman–Crippen MR) is 94.9 cm³/mol. The van der Waals surface area contributed by atoms with Crippen molar-refractivity contribution in [3.05, 3.63) is 18.2 Å². The first-order valence-electron chi connectivity index (χ1n) is 8.59. The van der Waals surface area contributed by atoms with E-state index in [1.165, 1.54) is 4.90 Å². The van der Waals surface area contributed by atoms with E-state index >= 15 is 0 Å². The first-order valence-corrected chi connectivity index (χ1v) is 8.59. The van der Waals surface area contributed by atoms with Crippen molar-refractivity contribution >= 4 is 11.6 Å². The highest BCUT2D eigenvalue weighted by Crippen LogP contribution is 2.29. The van der Waals surface area contributed by atoms with Crippen LogP contribution in [0.15, 0.2) is 23.2 Å². The van der Waals surface area contributed by atoms with Gasteiger partial charge in [-0.2, -0.15) is 13.2 Å². The summed E-state index contributed by atoms with van der Waals surface area (Å²) in [4.78, 5) is 5.64. The van der Waals surface area contributed by atoms with E-state index in [0.29, 0.717) is 43.4 Å². The lowest BCUT2D eigenvalue weighted by atomic mass is 10.2. The Morgan fingerprint density at radius 1 is 1.31 bits per heavy atom. The third kappa shape index (κ3) is 6.29. The van der Waals surface area contributed by atoms with E-state index in [1.54, 1.807) is 18.2 Å². The number of nitrogens with one attached hydrogen (secondary N) is 1. The van der Waals surface area contributed by atoms with E-state index in [4.69, 9.17) is 15.2 Å². The summed E-state index contributed by atoms with van der Waals surface area (Å²) in [6.07, 6.45) is -3.66. The molecule has 1 aromatic carbocycles. The van der Waals surface area contributed by atoms with Crippen LogP contribution in [0, 0.1) is 0 Å². The summed E-state index contributed by atoms with van der Waals surface area (Å²) < 4.78 is 48.4. The van der Waals surface area contributed by atoms with E-state index in [-0.39, 0.29) is 18.5 Å². The lowest BCUT2D eigenvalue weighted by Crippen LogP contribution is -2.33. The fourth-order valence-electron chi connectivity index (χ4n) is 2.83. The van der Waals surface area contributed by atoms with Crippen molar-refractivity contribution in [2.45, 2.75) is 32.5 Å². The highest BCUT2D eigenvalue weighted by molar-refractivity contribution is 5.94. The van der Waals surface area contributed by atoms with E-state index < -0.39 is 12.7 Å². The molecule has 1 aliphatic heterocycles. The van der Waals surface area contributed by atoms with Gasteiger partial charge in [-0.1, -0.05) is 0 Å². The number of likely N-dealkylation sites (tertiary alicyclic amines) is 1. The number of halogens is 3. The molecule has 0 radical (unpaired) electrons. The van der Waals surface area contributed by atoms with E-state index in [1.807, 2.05) is 13.8 Å². The fourth-order valence-corrected chi connectivity index (χ4v) is 2.83. The fraction of sp³-hybridized carbons (Fsp3) is 0.588. The molecule has 0 aliphatic carbocycles. The number of rotatable bonds is 7. The summed E-state index contributed by atoms with van der Waals surface area (Å²) in [7, 11) is 0. The molecule has 0 amide bonds. The first-order chi connectivity index (χ1) is 12.3. The summed E-state index contributed by atoms with van der Waals surface area (Å²) in [5.74, 6) is 1.39. The lowest BCUT2D eigenvalue weighted by Gasteiger charge is -2.17. The van der Waals surface area contributed by atoms with Gasteiger partial charge in [0.05, 0.1) is 31.5 Å². The molecule has 0 bridgehead atoms. The van der Waals surface area contributed by atoms with Crippen LogP contribution in [-0.4, -0.2) is 55.9 Å². The third-order valence-electron chi connectivity index (χ3n) is 3.80. The van der Waals surface area contributed by atoms with Crippen LogP contribution in [0.4, 0.5) is 18.9 Å². The van der Waals surface area contributed by atoms with Crippen LogP contribution in [0.5, 0.6) is 11.5 Å². The topological polar surface area (TPSA) is 72.1 Å². The monoisotopic (exact) mass is 374 g/mol. The predicted octanol–water partition coefficient (Wildman–Crippen LogP) is 2.85. The highest BCUT2D eigenvalue weighted by Gasteiger charge is 2.34. The Labute approximate surface area is 151 Å². The van der Waals surface area contributed by atoms with Gasteiger partial charge in [-0.15, -0.1) is 0 Å². The quantitative estimate of drug-likeness (QED) is 0.567. The van der Waals surface area contributed by atoms with Gasteiger partial charge < -0.3 is 20.5 Å². The molecular formula is C17H25F3N4O2. The number of ether oxygens (including phenoxy) is 2. The number of hydrogen-bond acceptors (Lipinski definition) is 4. The molecule has 1 fully saturated rings. The second-order valence-corrected chi connectivity index (χ2v) is 5.96. The summed E-state index contributed by atoms with van der Waals surface area (Å²) in [5.41, 5.74) is 6.55. The maximum absolute atomic E-state index is 12.5. The van der Waals surface area contributed by atoms with Crippen LogP contribution >= 0.6 is 0 Å². The minimum atomic E-state index is -4.20. The molecular weight excluding hydrogens is 349 g/mol. The van der Waals surface area contributed by atoms with Crippen LogP contribution in [0.2, 0.25) is 0 Å². The lowest BCUT2D eigenvalue weighted by molar-refractivity contribution is -0.143. The van der Waals surface area contributed by atoms with Crippen LogP contribution in [0.25, 0.3) is 0 Å². The Morgan fingerprint density at radius 2 is 2.04 bits per heavy atom. The van der Waals surface area contributed by atoms with Crippen molar-refractivity contribution in [2.75, 3.05) is 38.2 Å². The standard InChI is InChI=1S/C17H25F3N4O2/c1-3-25-13-5-6-15(26-4-2)14(9-13)23-16(21)22-12-7-8-24(10-12)11-17(18,19)20/h5-6,9,12H,3-4,7-8,10-11H2,1-2H3,(H3,21,22,23). The molecule has 1 saturated heterocycles. The Balaban J connectivity index is 2.03. The Morgan fingerprint density at radius 3 is 2.69 bits per heavy atom. The second-order valence-electron chi connectivity index (χ2n) is 5.96.